The van der Waals surface area contributed by atoms with Gasteiger partial charge < -0.3 is 19.4 Å². The molecule has 0 aliphatic carbocycles. The first kappa shape index (κ1) is 13.9. The zero-order valence-corrected chi connectivity index (χ0v) is 10.8. The summed E-state index contributed by atoms with van der Waals surface area (Å²) in [6.45, 7) is 5.61. The van der Waals surface area contributed by atoms with Gasteiger partial charge in [-0.15, -0.1) is 0 Å². The van der Waals surface area contributed by atoms with E-state index in [0.29, 0.717) is 35.1 Å². The Bertz CT molecular complexity index is 429. The molecule has 1 N–H and O–H groups in total. The standard InChI is InChI=1S/C13H17NO4/c1-5-6-18-13-11(16-3)7-10(9(2)14-15)8-12(13)17-4/h5,7-8,15H,1,6H2,2-4H3/b14-9-. The van der Waals surface area contributed by atoms with Gasteiger partial charge in [0.15, 0.2) is 11.5 Å². The Labute approximate surface area is 106 Å². The van der Waals surface area contributed by atoms with Crippen molar-refractivity contribution in [3.63, 3.8) is 0 Å². The highest BCUT2D eigenvalue weighted by atomic mass is 16.5. The molecule has 0 spiro atoms. The van der Waals surface area contributed by atoms with Gasteiger partial charge in [0.25, 0.3) is 0 Å². The van der Waals surface area contributed by atoms with Crippen LogP contribution in [0.4, 0.5) is 0 Å². The van der Waals surface area contributed by atoms with E-state index in [1.807, 2.05) is 0 Å². The molecule has 0 saturated carbocycles. The van der Waals surface area contributed by atoms with Crippen LogP contribution in [0, 0.1) is 0 Å². The van der Waals surface area contributed by atoms with Gasteiger partial charge in [-0.25, -0.2) is 0 Å². The normalized spacial score (nSPS) is 10.9. The van der Waals surface area contributed by atoms with E-state index < -0.39 is 0 Å². The predicted molar refractivity (Wildman–Crippen MR) is 69.2 cm³/mol. The Morgan fingerprint density at radius 1 is 1.33 bits per heavy atom. The highest BCUT2D eigenvalue weighted by Crippen LogP contribution is 2.38. The van der Waals surface area contributed by atoms with Crippen molar-refractivity contribution in [2.45, 2.75) is 6.92 Å². The molecule has 0 aliphatic rings. The number of nitrogens with zero attached hydrogens (tertiary/aromatic N) is 1. The van der Waals surface area contributed by atoms with Crippen molar-refractivity contribution in [3.05, 3.63) is 30.4 Å². The van der Waals surface area contributed by atoms with E-state index in [2.05, 4.69) is 11.7 Å². The van der Waals surface area contributed by atoms with E-state index in [1.54, 1.807) is 25.1 Å². The number of ether oxygens (including phenoxy) is 3. The molecule has 0 fully saturated rings. The summed E-state index contributed by atoms with van der Waals surface area (Å²) in [6, 6.07) is 3.44. The molecule has 0 bridgehead atoms. The number of benzene rings is 1. The maximum Gasteiger partial charge on any atom is 0.203 e. The fourth-order valence-corrected chi connectivity index (χ4v) is 1.43. The zero-order chi connectivity index (χ0) is 13.5. The van der Waals surface area contributed by atoms with Crippen molar-refractivity contribution in [3.8, 4) is 17.2 Å². The van der Waals surface area contributed by atoms with E-state index in [9.17, 15) is 0 Å². The first-order valence-corrected chi connectivity index (χ1v) is 5.36. The highest BCUT2D eigenvalue weighted by molar-refractivity contribution is 5.99. The largest absolute Gasteiger partial charge is 0.493 e. The molecule has 1 aromatic rings. The number of rotatable bonds is 6. The van der Waals surface area contributed by atoms with Gasteiger partial charge in [-0.2, -0.15) is 0 Å². The minimum Gasteiger partial charge on any atom is -0.493 e. The van der Waals surface area contributed by atoms with Gasteiger partial charge in [-0.1, -0.05) is 17.8 Å². The highest BCUT2D eigenvalue weighted by Gasteiger charge is 2.15. The smallest absolute Gasteiger partial charge is 0.203 e. The van der Waals surface area contributed by atoms with Gasteiger partial charge in [0.2, 0.25) is 5.75 Å². The summed E-state index contributed by atoms with van der Waals surface area (Å²) >= 11 is 0. The van der Waals surface area contributed by atoms with Gasteiger partial charge >= 0.3 is 0 Å². The van der Waals surface area contributed by atoms with Gasteiger partial charge in [0.1, 0.15) is 6.61 Å². The summed E-state index contributed by atoms with van der Waals surface area (Å²) in [7, 11) is 3.06. The van der Waals surface area contributed by atoms with Crippen molar-refractivity contribution < 1.29 is 19.4 Å². The molecule has 1 aromatic carbocycles. The molecule has 0 aliphatic heterocycles. The molecule has 18 heavy (non-hydrogen) atoms. The minimum absolute atomic E-state index is 0.346. The van der Waals surface area contributed by atoms with Crippen LogP contribution in [0.25, 0.3) is 0 Å². The predicted octanol–water partition coefficient (Wildman–Crippen LogP) is 2.47. The van der Waals surface area contributed by atoms with Crippen LogP contribution >= 0.6 is 0 Å². The topological polar surface area (TPSA) is 60.3 Å². The van der Waals surface area contributed by atoms with E-state index in [0.717, 1.165) is 0 Å². The van der Waals surface area contributed by atoms with Crippen LogP contribution in [0.5, 0.6) is 17.2 Å². The van der Waals surface area contributed by atoms with Crippen LogP contribution in [0.2, 0.25) is 0 Å². The van der Waals surface area contributed by atoms with E-state index in [1.165, 1.54) is 14.2 Å². The fraction of sp³-hybridized carbons (Fsp3) is 0.308. The Balaban J connectivity index is 3.29. The molecule has 0 saturated heterocycles. The Hall–Kier alpha value is -2.17. The van der Waals surface area contributed by atoms with Gasteiger partial charge in [0, 0.05) is 5.56 Å². The van der Waals surface area contributed by atoms with Crippen LogP contribution in [-0.2, 0) is 0 Å². The van der Waals surface area contributed by atoms with Crippen LogP contribution < -0.4 is 14.2 Å². The summed E-state index contributed by atoms with van der Waals surface area (Å²) in [6.07, 6.45) is 1.63. The van der Waals surface area contributed by atoms with Crippen LogP contribution in [0.15, 0.2) is 29.9 Å². The van der Waals surface area contributed by atoms with E-state index >= 15 is 0 Å². The van der Waals surface area contributed by atoms with Gasteiger partial charge in [0.05, 0.1) is 19.9 Å². The lowest BCUT2D eigenvalue weighted by molar-refractivity contribution is 0.300. The molecule has 0 heterocycles. The second-order valence-electron chi connectivity index (χ2n) is 3.49. The summed E-state index contributed by atoms with van der Waals surface area (Å²) in [4.78, 5) is 0. The van der Waals surface area contributed by atoms with E-state index in [-0.39, 0.29) is 0 Å². The number of oxime groups is 1. The lowest BCUT2D eigenvalue weighted by Crippen LogP contribution is -2.02. The molecule has 0 aromatic heterocycles. The third kappa shape index (κ3) is 2.94. The first-order chi connectivity index (χ1) is 8.67. The molecule has 0 amide bonds. The van der Waals surface area contributed by atoms with Gasteiger partial charge in [-0.3, -0.25) is 0 Å². The lowest BCUT2D eigenvalue weighted by atomic mass is 10.1. The molecule has 0 radical (unpaired) electrons. The van der Waals surface area contributed by atoms with Crippen molar-refractivity contribution in [1.82, 2.24) is 0 Å². The SMILES string of the molecule is C=CCOc1c(OC)cc(/C(C)=N\O)cc1OC. The second-order valence-corrected chi connectivity index (χ2v) is 3.49. The monoisotopic (exact) mass is 251 g/mol. The van der Waals surface area contributed by atoms with Crippen molar-refractivity contribution in [2.24, 2.45) is 5.16 Å². The molecule has 98 valence electrons. The third-order valence-electron chi connectivity index (χ3n) is 2.37. The number of hydrogen-bond donors (Lipinski definition) is 1. The molecular formula is C13H17NO4. The van der Waals surface area contributed by atoms with E-state index in [4.69, 9.17) is 19.4 Å². The quantitative estimate of drug-likeness (QED) is 0.365. The van der Waals surface area contributed by atoms with Crippen molar-refractivity contribution in [1.29, 1.82) is 0 Å². The van der Waals surface area contributed by atoms with Gasteiger partial charge in [-0.05, 0) is 19.1 Å². The average molecular weight is 251 g/mol. The van der Waals surface area contributed by atoms with Crippen molar-refractivity contribution in [2.75, 3.05) is 20.8 Å². The molecular weight excluding hydrogens is 234 g/mol. The maximum absolute atomic E-state index is 8.79. The Morgan fingerprint density at radius 2 is 1.89 bits per heavy atom. The second kappa shape index (κ2) is 6.54. The average Bonchev–Trinajstić information content (AvgIpc) is 2.43. The number of methoxy groups -OCH3 is 2. The summed E-state index contributed by atoms with van der Waals surface area (Å²) < 4.78 is 16.0. The third-order valence-corrected chi connectivity index (χ3v) is 2.37. The summed E-state index contributed by atoms with van der Waals surface area (Å²) in [5.74, 6) is 1.51. The molecule has 5 nitrogen and oxygen atoms in total. The lowest BCUT2D eigenvalue weighted by Gasteiger charge is -2.15. The summed E-state index contributed by atoms with van der Waals surface area (Å²) in [5, 5.41) is 11.9. The number of hydrogen-bond acceptors (Lipinski definition) is 5. The molecule has 5 heteroatoms. The maximum atomic E-state index is 8.79. The fourth-order valence-electron chi connectivity index (χ4n) is 1.43. The first-order valence-electron chi connectivity index (χ1n) is 5.36. The Morgan fingerprint density at radius 3 is 2.28 bits per heavy atom. The minimum atomic E-state index is 0.346. The molecule has 0 unspecified atom stereocenters. The van der Waals surface area contributed by atoms with Crippen LogP contribution in [0.1, 0.15) is 12.5 Å². The van der Waals surface area contributed by atoms with Crippen molar-refractivity contribution >= 4 is 5.71 Å². The van der Waals surface area contributed by atoms with Crippen LogP contribution in [0.3, 0.4) is 0 Å². The molecule has 1 rings (SSSR count). The summed E-state index contributed by atoms with van der Waals surface area (Å²) in [5.41, 5.74) is 1.15. The zero-order valence-electron chi connectivity index (χ0n) is 10.8. The molecule has 0 atom stereocenters. The Kier molecular flexibility index (Phi) is 5.05. The van der Waals surface area contributed by atoms with Crippen LogP contribution in [-0.4, -0.2) is 31.7 Å².